The summed E-state index contributed by atoms with van der Waals surface area (Å²) in [5, 5.41) is 3.94. The predicted octanol–water partition coefficient (Wildman–Crippen LogP) is 4.41. The Balaban J connectivity index is 1.51. The zero-order valence-electron chi connectivity index (χ0n) is 14.9. The molecule has 2 heterocycles. The van der Waals surface area contributed by atoms with E-state index in [4.69, 9.17) is 16.3 Å². The van der Waals surface area contributed by atoms with Crippen LogP contribution in [0.4, 0.5) is 0 Å². The lowest BCUT2D eigenvalue weighted by Gasteiger charge is -2.38. The summed E-state index contributed by atoms with van der Waals surface area (Å²) >= 11 is 6.06. The summed E-state index contributed by atoms with van der Waals surface area (Å²) in [5.74, 6) is 0.534. The van der Waals surface area contributed by atoms with Crippen molar-refractivity contribution in [1.82, 2.24) is 10.3 Å². The van der Waals surface area contributed by atoms with Gasteiger partial charge in [0.1, 0.15) is 0 Å². The third-order valence-corrected chi connectivity index (χ3v) is 6.28. The Labute approximate surface area is 159 Å². The first-order chi connectivity index (χ1) is 12.7. The second kappa shape index (κ2) is 7.45. The normalized spacial score (nSPS) is 19.7. The van der Waals surface area contributed by atoms with Crippen molar-refractivity contribution in [2.75, 3.05) is 19.8 Å². The average Bonchev–Trinajstić information content (AvgIpc) is 3.09. The molecule has 1 aromatic carbocycles. The molecule has 138 valence electrons. The standard InChI is InChI=1S/C21H25ClN2O2/c22-17-6-4-16(5-7-17)21(9-12-26-13-10-21)14-24-20(25)18-8-11-23-19(18)15-2-1-3-15/h4-8,11,15,23H,1-3,9-10,12-14H2,(H,24,25). The lowest BCUT2D eigenvalue weighted by Crippen LogP contribution is -2.44. The van der Waals surface area contributed by atoms with Gasteiger partial charge in [-0.1, -0.05) is 30.2 Å². The summed E-state index contributed by atoms with van der Waals surface area (Å²) in [4.78, 5) is 16.1. The summed E-state index contributed by atoms with van der Waals surface area (Å²) in [7, 11) is 0. The quantitative estimate of drug-likeness (QED) is 0.816. The van der Waals surface area contributed by atoms with Gasteiger partial charge in [0, 0.05) is 42.1 Å². The van der Waals surface area contributed by atoms with Crippen LogP contribution < -0.4 is 5.32 Å². The fraction of sp³-hybridized carbons (Fsp3) is 0.476. The SMILES string of the molecule is O=C(NCC1(c2ccc(Cl)cc2)CCOCC1)c1cc[nH]c1C1CCC1. The zero-order chi connectivity index (χ0) is 18.0. The molecular weight excluding hydrogens is 348 g/mol. The second-order valence-electron chi connectivity index (χ2n) is 7.52. The van der Waals surface area contributed by atoms with Crippen LogP contribution in [-0.2, 0) is 10.2 Å². The molecule has 2 aliphatic rings. The van der Waals surface area contributed by atoms with E-state index >= 15 is 0 Å². The third kappa shape index (κ3) is 3.40. The van der Waals surface area contributed by atoms with Crippen molar-refractivity contribution in [3.05, 3.63) is 58.4 Å². The molecule has 1 aromatic heterocycles. The molecule has 1 saturated heterocycles. The van der Waals surface area contributed by atoms with Crippen molar-refractivity contribution in [3.63, 3.8) is 0 Å². The first kappa shape index (κ1) is 17.6. The van der Waals surface area contributed by atoms with Crippen molar-refractivity contribution >= 4 is 17.5 Å². The van der Waals surface area contributed by atoms with Crippen molar-refractivity contribution in [2.45, 2.75) is 43.4 Å². The van der Waals surface area contributed by atoms with Crippen LogP contribution in [0.1, 0.15) is 59.6 Å². The van der Waals surface area contributed by atoms with E-state index in [1.54, 1.807) is 0 Å². The van der Waals surface area contributed by atoms with Crippen LogP contribution in [0.2, 0.25) is 5.02 Å². The van der Waals surface area contributed by atoms with Gasteiger partial charge in [-0.15, -0.1) is 0 Å². The molecule has 2 aromatic rings. The molecule has 1 amide bonds. The summed E-state index contributed by atoms with van der Waals surface area (Å²) in [6.07, 6.45) is 7.28. The number of hydrogen-bond acceptors (Lipinski definition) is 2. The van der Waals surface area contributed by atoms with Gasteiger partial charge in [-0.05, 0) is 55.4 Å². The van der Waals surface area contributed by atoms with Gasteiger partial charge in [0.15, 0.2) is 0 Å². The molecule has 0 bridgehead atoms. The van der Waals surface area contributed by atoms with E-state index < -0.39 is 0 Å². The monoisotopic (exact) mass is 372 g/mol. The van der Waals surface area contributed by atoms with Crippen molar-refractivity contribution in [3.8, 4) is 0 Å². The summed E-state index contributed by atoms with van der Waals surface area (Å²) in [6, 6.07) is 9.92. The number of H-pyrrole nitrogens is 1. The summed E-state index contributed by atoms with van der Waals surface area (Å²) in [5.41, 5.74) is 3.03. The Morgan fingerprint density at radius 3 is 2.58 bits per heavy atom. The fourth-order valence-corrected chi connectivity index (χ4v) is 4.22. The van der Waals surface area contributed by atoms with E-state index in [0.717, 1.165) is 42.3 Å². The van der Waals surface area contributed by atoms with Crippen LogP contribution in [0.15, 0.2) is 36.5 Å². The molecule has 4 rings (SSSR count). The molecular formula is C21H25ClN2O2. The number of amides is 1. The maximum atomic E-state index is 12.9. The molecule has 1 aliphatic heterocycles. The van der Waals surface area contributed by atoms with Crippen LogP contribution >= 0.6 is 11.6 Å². The number of ether oxygens (including phenoxy) is 1. The summed E-state index contributed by atoms with van der Waals surface area (Å²) in [6.45, 7) is 2.05. The highest BCUT2D eigenvalue weighted by Gasteiger charge is 2.35. The zero-order valence-corrected chi connectivity index (χ0v) is 15.6. The van der Waals surface area contributed by atoms with E-state index in [-0.39, 0.29) is 11.3 Å². The number of nitrogens with one attached hydrogen (secondary N) is 2. The van der Waals surface area contributed by atoms with Crippen molar-refractivity contribution in [2.24, 2.45) is 0 Å². The molecule has 26 heavy (non-hydrogen) atoms. The average molecular weight is 373 g/mol. The number of rotatable bonds is 5. The molecule has 0 spiro atoms. The van der Waals surface area contributed by atoms with E-state index in [1.807, 2.05) is 24.4 Å². The van der Waals surface area contributed by atoms with E-state index in [1.165, 1.54) is 24.8 Å². The Morgan fingerprint density at radius 2 is 1.92 bits per heavy atom. The molecule has 1 saturated carbocycles. The first-order valence-corrected chi connectivity index (χ1v) is 9.85. The number of carbonyl (C=O) groups is 1. The largest absolute Gasteiger partial charge is 0.381 e. The lowest BCUT2D eigenvalue weighted by atomic mass is 9.74. The molecule has 0 unspecified atom stereocenters. The Bertz CT molecular complexity index is 759. The highest BCUT2D eigenvalue weighted by atomic mass is 35.5. The predicted molar refractivity (Wildman–Crippen MR) is 103 cm³/mol. The molecule has 2 N–H and O–H groups in total. The van der Waals surface area contributed by atoms with Crippen LogP contribution in [0.3, 0.4) is 0 Å². The Kier molecular flexibility index (Phi) is 5.05. The van der Waals surface area contributed by atoms with Gasteiger partial charge >= 0.3 is 0 Å². The first-order valence-electron chi connectivity index (χ1n) is 9.47. The van der Waals surface area contributed by atoms with Gasteiger partial charge in [0.05, 0.1) is 5.56 Å². The lowest BCUT2D eigenvalue weighted by molar-refractivity contribution is 0.0487. The minimum atomic E-state index is -0.0918. The molecule has 4 nitrogen and oxygen atoms in total. The number of carbonyl (C=O) groups excluding carboxylic acids is 1. The van der Waals surface area contributed by atoms with E-state index in [0.29, 0.717) is 12.5 Å². The Hall–Kier alpha value is -1.78. The Morgan fingerprint density at radius 1 is 1.19 bits per heavy atom. The number of aromatic amines is 1. The number of benzene rings is 1. The highest BCUT2D eigenvalue weighted by Crippen LogP contribution is 2.38. The van der Waals surface area contributed by atoms with Crippen LogP contribution in [0.25, 0.3) is 0 Å². The fourth-order valence-electron chi connectivity index (χ4n) is 4.09. The van der Waals surface area contributed by atoms with Crippen LogP contribution in [0, 0.1) is 0 Å². The molecule has 1 aliphatic carbocycles. The van der Waals surface area contributed by atoms with Crippen LogP contribution in [0.5, 0.6) is 0 Å². The molecule has 0 atom stereocenters. The molecule has 5 heteroatoms. The minimum Gasteiger partial charge on any atom is -0.381 e. The van der Waals surface area contributed by atoms with E-state index in [2.05, 4.69) is 22.4 Å². The van der Waals surface area contributed by atoms with Gasteiger partial charge in [-0.25, -0.2) is 0 Å². The second-order valence-corrected chi connectivity index (χ2v) is 7.95. The van der Waals surface area contributed by atoms with Gasteiger partial charge in [-0.2, -0.15) is 0 Å². The molecule has 0 radical (unpaired) electrons. The highest BCUT2D eigenvalue weighted by molar-refractivity contribution is 6.30. The smallest absolute Gasteiger partial charge is 0.253 e. The number of hydrogen-bond donors (Lipinski definition) is 2. The van der Waals surface area contributed by atoms with Gasteiger partial charge in [0.2, 0.25) is 0 Å². The number of halogens is 1. The maximum absolute atomic E-state index is 12.9. The topological polar surface area (TPSA) is 54.1 Å². The minimum absolute atomic E-state index is 0.0213. The summed E-state index contributed by atoms with van der Waals surface area (Å²) < 4.78 is 5.58. The third-order valence-electron chi connectivity index (χ3n) is 6.03. The van der Waals surface area contributed by atoms with Crippen molar-refractivity contribution in [1.29, 1.82) is 0 Å². The van der Waals surface area contributed by atoms with Gasteiger partial charge in [0.25, 0.3) is 5.91 Å². The van der Waals surface area contributed by atoms with Crippen molar-refractivity contribution < 1.29 is 9.53 Å². The number of aromatic nitrogens is 1. The molecule has 2 fully saturated rings. The maximum Gasteiger partial charge on any atom is 0.253 e. The van der Waals surface area contributed by atoms with Gasteiger partial charge < -0.3 is 15.0 Å². The van der Waals surface area contributed by atoms with E-state index in [9.17, 15) is 4.79 Å². The van der Waals surface area contributed by atoms with Gasteiger partial charge in [-0.3, -0.25) is 4.79 Å². The van der Waals surface area contributed by atoms with Crippen LogP contribution in [-0.4, -0.2) is 30.6 Å².